The summed E-state index contributed by atoms with van der Waals surface area (Å²) in [6.07, 6.45) is 2.51. The zero-order valence-corrected chi connectivity index (χ0v) is 12.9. The minimum Gasteiger partial charge on any atom is -0.313 e. The Labute approximate surface area is 111 Å². The third-order valence-corrected chi connectivity index (χ3v) is 4.08. The van der Waals surface area contributed by atoms with Gasteiger partial charge in [0, 0.05) is 10.9 Å². The zero-order valence-electron chi connectivity index (χ0n) is 12.1. The number of aryl methyl sites for hydroxylation is 1. The molecular weight excluding hydrogens is 226 g/mol. The van der Waals surface area contributed by atoms with Crippen LogP contribution in [0.2, 0.25) is 0 Å². The lowest BCUT2D eigenvalue weighted by Crippen LogP contribution is -2.21. The summed E-state index contributed by atoms with van der Waals surface area (Å²) in [6, 6.07) is 2.78. The van der Waals surface area contributed by atoms with Crippen LogP contribution in [0.5, 0.6) is 0 Å². The molecule has 0 amide bonds. The first-order chi connectivity index (χ1) is 7.83. The standard InChI is InChI=1S/C15H27NS/c1-11(10-15(3,4)5)9-14(16-6)13-7-8-17-12(13)2/h7-8,11,14,16H,9-10H2,1-6H3. The third kappa shape index (κ3) is 4.81. The molecule has 0 aromatic carbocycles. The fourth-order valence-electron chi connectivity index (χ4n) is 2.69. The number of thiophene rings is 1. The van der Waals surface area contributed by atoms with Crippen molar-refractivity contribution in [2.24, 2.45) is 11.3 Å². The molecule has 0 radical (unpaired) electrons. The van der Waals surface area contributed by atoms with Gasteiger partial charge in [0.15, 0.2) is 0 Å². The molecule has 0 fully saturated rings. The fourth-order valence-corrected chi connectivity index (χ4v) is 3.45. The van der Waals surface area contributed by atoms with E-state index in [9.17, 15) is 0 Å². The maximum Gasteiger partial charge on any atom is 0.0331 e. The van der Waals surface area contributed by atoms with E-state index in [1.54, 1.807) is 0 Å². The molecule has 17 heavy (non-hydrogen) atoms. The first-order valence-corrected chi connectivity index (χ1v) is 7.42. The molecule has 0 bridgehead atoms. The minimum absolute atomic E-state index is 0.432. The monoisotopic (exact) mass is 253 g/mol. The number of hydrogen-bond donors (Lipinski definition) is 1. The van der Waals surface area contributed by atoms with Gasteiger partial charge < -0.3 is 5.32 Å². The normalized spacial score (nSPS) is 15.9. The summed E-state index contributed by atoms with van der Waals surface area (Å²) in [5.41, 5.74) is 1.92. The van der Waals surface area contributed by atoms with Crippen molar-refractivity contribution in [1.82, 2.24) is 5.32 Å². The van der Waals surface area contributed by atoms with Crippen LogP contribution in [-0.2, 0) is 0 Å². The molecule has 1 rings (SSSR count). The van der Waals surface area contributed by atoms with Crippen LogP contribution in [0.1, 0.15) is 57.0 Å². The van der Waals surface area contributed by atoms with E-state index >= 15 is 0 Å². The van der Waals surface area contributed by atoms with E-state index in [2.05, 4.69) is 58.4 Å². The lowest BCUT2D eigenvalue weighted by atomic mass is 9.82. The Morgan fingerprint density at radius 2 is 2.00 bits per heavy atom. The largest absolute Gasteiger partial charge is 0.313 e. The summed E-state index contributed by atoms with van der Waals surface area (Å²) >= 11 is 1.85. The molecule has 2 heteroatoms. The maximum absolute atomic E-state index is 3.47. The summed E-state index contributed by atoms with van der Waals surface area (Å²) in [4.78, 5) is 1.45. The van der Waals surface area contributed by atoms with E-state index in [0.717, 1.165) is 5.92 Å². The molecule has 0 saturated carbocycles. The van der Waals surface area contributed by atoms with E-state index in [0.29, 0.717) is 11.5 Å². The highest BCUT2D eigenvalue weighted by molar-refractivity contribution is 7.10. The molecule has 0 spiro atoms. The summed E-state index contributed by atoms with van der Waals surface area (Å²) in [5, 5.41) is 5.67. The van der Waals surface area contributed by atoms with Gasteiger partial charge in [-0.25, -0.2) is 0 Å². The SMILES string of the molecule is CNC(CC(C)CC(C)(C)C)c1ccsc1C. The van der Waals surface area contributed by atoms with Gasteiger partial charge in [-0.05, 0) is 55.2 Å². The Balaban J connectivity index is 2.62. The first-order valence-electron chi connectivity index (χ1n) is 6.54. The molecule has 1 aromatic rings. The molecule has 98 valence electrons. The van der Waals surface area contributed by atoms with Crippen molar-refractivity contribution in [3.05, 3.63) is 21.9 Å². The molecule has 0 aliphatic heterocycles. The summed E-state index contributed by atoms with van der Waals surface area (Å²) in [7, 11) is 2.07. The molecule has 1 N–H and O–H groups in total. The average Bonchev–Trinajstić information content (AvgIpc) is 2.58. The van der Waals surface area contributed by atoms with Gasteiger partial charge in [0.25, 0.3) is 0 Å². The molecule has 0 aliphatic rings. The van der Waals surface area contributed by atoms with Crippen LogP contribution in [0.3, 0.4) is 0 Å². The highest BCUT2D eigenvalue weighted by Crippen LogP contribution is 2.32. The molecule has 1 heterocycles. The second-order valence-electron chi connectivity index (χ2n) is 6.38. The van der Waals surface area contributed by atoms with Crippen LogP contribution in [-0.4, -0.2) is 7.05 Å². The third-order valence-electron chi connectivity index (χ3n) is 3.22. The van der Waals surface area contributed by atoms with Crippen LogP contribution in [0.4, 0.5) is 0 Å². The van der Waals surface area contributed by atoms with Crippen molar-refractivity contribution in [3.63, 3.8) is 0 Å². The van der Waals surface area contributed by atoms with Gasteiger partial charge in [-0.2, -0.15) is 0 Å². The molecule has 2 atom stereocenters. The van der Waals surface area contributed by atoms with E-state index in [1.165, 1.54) is 23.3 Å². The fraction of sp³-hybridized carbons (Fsp3) is 0.733. The maximum atomic E-state index is 3.47. The molecular formula is C15H27NS. The predicted octanol–water partition coefficient (Wildman–Crippen LogP) is 4.78. The first kappa shape index (κ1) is 14.7. The Kier molecular flexibility index (Phi) is 5.21. The molecule has 2 unspecified atom stereocenters. The van der Waals surface area contributed by atoms with Crippen LogP contribution in [0.25, 0.3) is 0 Å². The lowest BCUT2D eigenvalue weighted by Gasteiger charge is -2.26. The Morgan fingerprint density at radius 3 is 2.41 bits per heavy atom. The summed E-state index contributed by atoms with van der Waals surface area (Å²) in [6.45, 7) is 11.6. The Bertz CT molecular complexity index is 335. The second kappa shape index (κ2) is 6.01. The van der Waals surface area contributed by atoms with Gasteiger partial charge in [0.05, 0.1) is 0 Å². The van der Waals surface area contributed by atoms with E-state index in [-0.39, 0.29) is 0 Å². The molecule has 1 nitrogen and oxygen atoms in total. The van der Waals surface area contributed by atoms with E-state index in [4.69, 9.17) is 0 Å². The Morgan fingerprint density at radius 1 is 1.35 bits per heavy atom. The quantitative estimate of drug-likeness (QED) is 0.796. The molecule has 0 aliphatic carbocycles. The van der Waals surface area contributed by atoms with Gasteiger partial charge in [-0.1, -0.05) is 27.7 Å². The molecule has 1 aromatic heterocycles. The van der Waals surface area contributed by atoms with E-state index < -0.39 is 0 Å². The Hall–Kier alpha value is -0.340. The topological polar surface area (TPSA) is 12.0 Å². The van der Waals surface area contributed by atoms with Crippen LogP contribution < -0.4 is 5.32 Å². The number of nitrogens with one attached hydrogen (secondary N) is 1. The van der Waals surface area contributed by atoms with Gasteiger partial charge in [-0.3, -0.25) is 0 Å². The number of rotatable bonds is 5. The van der Waals surface area contributed by atoms with Crippen molar-refractivity contribution in [1.29, 1.82) is 0 Å². The minimum atomic E-state index is 0.432. The highest BCUT2D eigenvalue weighted by Gasteiger charge is 2.20. The smallest absolute Gasteiger partial charge is 0.0331 e. The van der Waals surface area contributed by atoms with Crippen molar-refractivity contribution < 1.29 is 0 Å². The zero-order chi connectivity index (χ0) is 13.1. The summed E-state index contributed by atoms with van der Waals surface area (Å²) in [5.74, 6) is 0.756. The highest BCUT2D eigenvalue weighted by atomic mass is 32.1. The van der Waals surface area contributed by atoms with Crippen molar-refractivity contribution in [3.8, 4) is 0 Å². The van der Waals surface area contributed by atoms with Crippen molar-refractivity contribution in [2.45, 2.75) is 53.5 Å². The van der Waals surface area contributed by atoms with E-state index in [1.807, 2.05) is 11.3 Å². The van der Waals surface area contributed by atoms with Crippen LogP contribution in [0, 0.1) is 18.3 Å². The second-order valence-corrected chi connectivity index (χ2v) is 7.50. The van der Waals surface area contributed by atoms with Crippen molar-refractivity contribution in [2.75, 3.05) is 7.05 Å². The summed E-state index contributed by atoms with van der Waals surface area (Å²) < 4.78 is 0. The van der Waals surface area contributed by atoms with Gasteiger partial charge in [0.1, 0.15) is 0 Å². The van der Waals surface area contributed by atoms with Gasteiger partial charge >= 0.3 is 0 Å². The van der Waals surface area contributed by atoms with Gasteiger partial charge in [-0.15, -0.1) is 11.3 Å². The molecule has 0 saturated heterocycles. The van der Waals surface area contributed by atoms with Crippen molar-refractivity contribution >= 4 is 11.3 Å². The predicted molar refractivity (Wildman–Crippen MR) is 78.7 cm³/mol. The van der Waals surface area contributed by atoms with Crippen LogP contribution >= 0.6 is 11.3 Å². The van der Waals surface area contributed by atoms with Gasteiger partial charge in [0.2, 0.25) is 0 Å². The lowest BCUT2D eigenvalue weighted by molar-refractivity contribution is 0.279. The number of hydrogen-bond acceptors (Lipinski definition) is 2. The average molecular weight is 253 g/mol. The van der Waals surface area contributed by atoms with Crippen LogP contribution in [0.15, 0.2) is 11.4 Å².